The molecule has 3 nitrogen and oxygen atoms in total. The van der Waals surface area contributed by atoms with Gasteiger partial charge in [0.2, 0.25) is 0 Å². The van der Waals surface area contributed by atoms with Crippen molar-refractivity contribution in [3.05, 3.63) is 60.4 Å². The lowest BCUT2D eigenvalue weighted by Gasteiger charge is -2.31. The fourth-order valence-electron chi connectivity index (χ4n) is 3.59. The number of nitrogens with zero attached hydrogens (tertiary/aromatic N) is 2. The quantitative estimate of drug-likeness (QED) is 0.694. The Morgan fingerprint density at radius 1 is 1.08 bits per heavy atom. The van der Waals surface area contributed by atoms with E-state index in [1.165, 1.54) is 54.1 Å². The number of likely N-dealkylation sites (tertiary alicyclic amines) is 1. The molecule has 0 unspecified atom stereocenters. The van der Waals surface area contributed by atoms with E-state index in [0.717, 1.165) is 5.65 Å². The third kappa shape index (κ3) is 3.50. The van der Waals surface area contributed by atoms with E-state index in [1.54, 1.807) is 0 Å². The van der Waals surface area contributed by atoms with Gasteiger partial charge in [-0.2, -0.15) is 0 Å². The summed E-state index contributed by atoms with van der Waals surface area (Å²) in [5, 5.41) is 1.30. The first-order valence-electron chi connectivity index (χ1n) is 8.72. The van der Waals surface area contributed by atoms with Crippen LogP contribution in [0, 0.1) is 0 Å². The molecular weight excluding hydrogens is 314 g/mol. The maximum Gasteiger partial charge on any atom is 0.137 e. The molecule has 24 heavy (non-hydrogen) atoms. The number of aromatic amines is 1. The summed E-state index contributed by atoms with van der Waals surface area (Å²) in [6.07, 6.45) is 6.52. The highest BCUT2D eigenvalue weighted by atomic mass is 32.2. The van der Waals surface area contributed by atoms with Crippen LogP contribution in [0.3, 0.4) is 0 Å². The minimum Gasteiger partial charge on any atom is -0.346 e. The van der Waals surface area contributed by atoms with E-state index in [9.17, 15) is 0 Å². The third-order valence-corrected chi connectivity index (χ3v) is 5.92. The zero-order valence-corrected chi connectivity index (χ0v) is 14.6. The Morgan fingerprint density at radius 3 is 2.75 bits per heavy atom. The highest BCUT2D eigenvalue weighted by molar-refractivity contribution is 7.99. The van der Waals surface area contributed by atoms with Crippen LogP contribution in [0.25, 0.3) is 11.0 Å². The first kappa shape index (κ1) is 15.7. The van der Waals surface area contributed by atoms with Crippen molar-refractivity contribution in [3.8, 4) is 0 Å². The van der Waals surface area contributed by atoms with Crippen molar-refractivity contribution in [2.24, 2.45) is 0 Å². The maximum atomic E-state index is 4.41. The van der Waals surface area contributed by atoms with Gasteiger partial charge in [-0.25, -0.2) is 4.98 Å². The minimum atomic E-state index is 0.668. The summed E-state index contributed by atoms with van der Waals surface area (Å²) in [5.74, 6) is 1.84. The fourth-order valence-corrected chi connectivity index (χ4v) is 4.53. The lowest BCUT2D eigenvalue weighted by molar-refractivity contribution is 0.224. The van der Waals surface area contributed by atoms with Crippen molar-refractivity contribution in [1.82, 2.24) is 14.9 Å². The summed E-state index contributed by atoms with van der Waals surface area (Å²) < 4.78 is 0. The molecule has 4 heteroatoms. The standard InChI is InChI=1S/C20H23N3S/c1-2-5-17(6-3-1)24-14-13-23-11-8-16(9-12-23)19-15-22-20-18(19)7-4-10-21-20/h1-7,10,15-16H,8-9,11-14H2,(H,21,22). The van der Waals surface area contributed by atoms with Gasteiger partial charge in [0.15, 0.2) is 0 Å². The highest BCUT2D eigenvalue weighted by Crippen LogP contribution is 2.32. The van der Waals surface area contributed by atoms with Crippen molar-refractivity contribution < 1.29 is 0 Å². The van der Waals surface area contributed by atoms with Gasteiger partial charge in [-0.3, -0.25) is 0 Å². The second-order valence-corrected chi connectivity index (χ2v) is 7.59. The number of rotatable bonds is 5. The number of hydrogen-bond donors (Lipinski definition) is 1. The highest BCUT2D eigenvalue weighted by Gasteiger charge is 2.22. The first-order chi connectivity index (χ1) is 11.9. The normalized spacial score (nSPS) is 16.7. The number of piperidine rings is 1. The van der Waals surface area contributed by atoms with E-state index in [-0.39, 0.29) is 0 Å². The molecule has 3 heterocycles. The van der Waals surface area contributed by atoms with Crippen LogP contribution < -0.4 is 0 Å². The van der Waals surface area contributed by atoms with Crippen molar-refractivity contribution >= 4 is 22.8 Å². The Bertz CT molecular complexity index is 776. The molecule has 0 aliphatic carbocycles. The number of aromatic nitrogens is 2. The zero-order valence-electron chi connectivity index (χ0n) is 13.8. The van der Waals surface area contributed by atoms with Crippen molar-refractivity contribution in [2.45, 2.75) is 23.7 Å². The van der Waals surface area contributed by atoms with Crippen molar-refractivity contribution in [1.29, 1.82) is 0 Å². The van der Waals surface area contributed by atoms with E-state index in [4.69, 9.17) is 0 Å². The lowest BCUT2D eigenvalue weighted by atomic mass is 9.89. The van der Waals surface area contributed by atoms with Gasteiger partial charge in [-0.15, -0.1) is 11.8 Å². The number of H-pyrrole nitrogens is 1. The second kappa shape index (κ2) is 7.41. The third-order valence-electron chi connectivity index (χ3n) is 4.93. The molecule has 1 N–H and O–H groups in total. The summed E-state index contributed by atoms with van der Waals surface area (Å²) in [4.78, 5) is 11.7. The van der Waals surface area contributed by atoms with Gasteiger partial charge in [-0.05, 0) is 61.7 Å². The zero-order chi connectivity index (χ0) is 16.2. The van der Waals surface area contributed by atoms with Gasteiger partial charge in [-0.1, -0.05) is 18.2 Å². The predicted octanol–water partition coefficient (Wildman–Crippen LogP) is 4.53. The smallest absolute Gasteiger partial charge is 0.137 e. The van der Waals surface area contributed by atoms with E-state index in [0.29, 0.717) is 5.92 Å². The summed E-state index contributed by atoms with van der Waals surface area (Å²) in [5.41, 5.74) is 2.48. The van der Waals surface area contributed by atoms with Crippen LogP contribution in [0.4, 0.5) is 0 Å². The molecule has 1 saturated heterocycles. The average Bonchev–Trinajstić information content (AvgIpc) is 3.07. The topological polar surface area (TPSA) is 31.9 Å². The van der Waals surface area contributed by atoms with E-state index >= 15 is 0 Å². The molecule has 1 aromatic carbocycles. The number of benzene rings is 1. The summed E-state index contributed by atoms with van der Waals surface area (Å²) in [6.45, 7) is 3.58. The molecule has 3 aromatic rings. The SMILES string of the molecule is c1ccc(SCCN2CCC(c3c[nH]c4ncccc34)CC2)cc1. The van der Waals surface area contributed by atoms with Gasteiger partial charge in [0.25, 0.3) is 0 Å². The van der Waals surface area contributed by atoms with Crippen LogP contribution in [0.1, 0.15) is 24.3 Å². The van der Waals surface area contributed by atoms with Crippen LogP contribution in [-0.2, 0) is 0 Å². The van der Waals surface area contributed by atoms with Crippen LogP contribution in [0.15, 0.2) is 59.8 Å². The van der Waals surface area contributed by atoms with Gasteiger partial charge in [0.05, 0.1) is 0 Å². The molecule has 0 amide bonds. The van der Waals surface area contributed by atoms with Crippen LogP contribution >= 0.6 is 11.8 Å². The van der Waals surface area contributed by atoms with Gasteiger partial charge in [0.1, 0.15) is 5.65 Å². The molecule has 0 saturated carbocycles. The van der Waals surface area contributed by atoms with Crippen LogP contribution in [-0.4, -0.2) is 40.3 Å². The molecule has 2 aromatic heterocycles. The summed E-state index contributed by atoms with van der Waals surface area (Å²) >= 11 is 1.96. The number of pyridine rings is 1. The number of thioether (sulfide) groups is 1. The monoisotopic (exact) mass is 337 g/mol. The largest absolute Gasteiger partial charge is 0.346 e. The van der Waals surface area contributed by atoms with Gasteiger partial charge in [0, 0.05) is 35.0 Å². The Kier molecular flexibility index (Phi) is 4.86. The molecule has 0 spiro atoms. The Morgan fingerprint density at radius 2 is 1.92 bits per heavy atom. The first-order valence-corrected chi connectivity index (χ1v) is 9.71. The van der Waals surface area contributed by atoms with E-state index in [1.807, 2.05) is 24.0 Å². The minimum absolute atomic E-state index is 0.668. The molecule has 1 aliphatic heterocycles. The number of nitrogens with one attached hydrogen (secondary N) is 1. The molecule has 0 radical (unpaired) electrons. The summed E-state index contributed by atoms with van der Waals surface area (Å²) in [7, 11) is 0. The Hall–Kier alpha value is -1.78. The lowest BCUT2D eigenvalue weighted by Crippen LogP contribution is -2.34. The molecule has 4 rings (SSSR count). The van der Waals surface area contributed by atoms with E-state index < -0.39 is 0 Å². The van der Waals surface area contributed by atoms with Gasteiger partial charge < -0.3 is 9.88 Å². The average molecular weight is 337 g/mol. The maximum absolute atomic E-state index is 4.41. The fraction of sp³-hybridized carbons (Fsp3) is 0.350. The number of fused-ring (bicyclic) bond motifs is 1. The summed E-state index contributed by atoms with van der Waals surface area (Å²) in [6, 6.07) is 14.9. The molecule has 0 atom stereocenters. The molecule has 124 valence electrons. The number of hydrogen-bond acceptors (Lipinski definition) is 3. The molecule has 0 bridgehead atoms. The molecule has 1 fully saturated rings. The van der Waals surface area contributed by atoms with Crippen molar-refractivity contribution in [3.63, 3.8) is 0 Å². The molecule has 1 aliphatic rings. The molecular formula is C20H23N3S. The second-order valence-electron chi connectivity index (χ2n) is 6.42. The van der Waals surface area contributed by atoms with Crippen LogP contribution in [0.5, 0.6) is 0 Å². The predicted molar refractivity (Wildman–Crippen MR) is 102 cm³/mol. The Labute approximate surface area is 147 Å². The van der Waals surface area contributed by atoms with Gasteiger partial charge >= 0.3 is 0 Å². The van der Waals surface area contributed by atoms with E-state index in [2.05, 4.69) is 57.5 Å². The Balaban J connectivity index is 1.29. The van der Waals surface area contributed by atoms with Crippen LogP contribution in [0.2, 0.25) is 0 Å². The van der Waals surface area contributed by atoms with Crippen molar-refractivity contribution in [2.75, 3.05) is 25.4 Å².